The maximum Gasteiger partial charge on any atom is 0.228 e. The number of carbonyl (C=O) groups excluding carboxylic acids is 1. The second-order valence-electron chi connectivity index (χ2n) is 12.6. The minimum Gasteiger partial charge on any atom is -0.393 e. The number of aliphatic hydroxyl groups is 2. The van der Waals surface area contributed by atoms with Gasteiger partial charge in [-0.2, -0.15) is 0 Å². The van der Waals surface area contributed by atoms with E-state index >= 15 is 0 Å². The SMILES string of the molecule is CC(CCC(=O)N1CCSC1=S)C1CCC2C3CCC4CC(O)CCC4(C)C3CC(O)C12C. The zero-order valence-corrected chi connectivity index (χ0v) is 22.3. The van der Waals surface area contributed by atoms with E-state index < -0.39 is 0 Å². The number of nitrogens with zero attached hydrogens (tertiary/aromatic N) is 1. The van der Waals surface area contributed by atoms with Gasteiger partial charge in [-0.25, -0.2) is 0 Å². The first-order valence-corrected chi connectivity index (χ1v) is 14.9. The lowest BCUT2D eigenvalue weighted by Crippen LogP contribution is -2.58. The van der Waals surface area contributed by atoms with Crippen LogP contribution >= 0.6 is 24.0 Å². The van der Waals surface area contributed by atoms with Crippen molar-refractivity contribution >= 4 is 34.2 Å². The standard InChI is InChI=1S/C27H43NO3S2/c1-16(4-9-24(31)28-12-13-33-25(28)32)20-7-8-21-19-6-5-17-14-18(29)10-11-26(17,2)22(19)15-23(30)27(20,21)3/h16-23,29-30H,4-15H2,1-3H3. The van der Waals surface area contributed by atoms with Crippen LogP contribution in [0.2, 0.25) is 0 Å². The van der Waals surface area contributed by atoms with Crippen LogP contribution in [0.1, 0.15) is 85.0 Å². The fourth-order valence-electron chi connectivity index (χ4n) is 9.47. The molecule has 0 spiro atoms. The first-order valence-electron chi connectivity index (χ1n) is 13.5. The van der Waals surface area contributed by atoms with Gasteiger partial charge in [-0.3, -0.25) is 9.69 Å². The summed E-state index contributed by atoms with van der Waals surface area (Å²) in [5.74, 6) is 4.58. The monoisotopic (exact) mass is 493 g/mol. The summed E-state index contributed by atoms with van der Waals surface area (Å²) >= 11 is 6.96. The maximum atomic E-state index is 12.7. The second-order valence-corrected chi connectivity index (χ2v) is 14.3. The molecule has 0 bridgehead atoms. The van der Waals surface area contributed by atoms with Crippen molar-refractivity contribution < 1.29 is 15.0 Å². The number of aliphatic hydroxyl groups excluding tert-OH is 2. The van der Waals surface area contributed by atoms with Gasteiger partial charge in [0.15, 0.2) is 0 Å². The minimum atomic E-state index is -0.251. The molecular formula is C27H43NO3S2. The molecule has 6 heteroatoms. The zero-order chi connectivity index (χ0) is 23.5. The Bertz CT molecular complexity index is 791. The lowest BCUT2D eigenvalue weighted by Gasteiger charge is -2.62. The number of rotatable bonds is 4. The predicted molar refractivity (Wildman–Crippen MR) is 138 cm³/mol. The van der Waals surface area contributed by atoms with Crippen molar-refractivity contribution in [3.8, 4) is 0 Å². The maximum absolute atomic E-state index is 12.7. The minimum absolute atomic E-state index is 0.0280. The Morgan fingerprint density at radius 1 is 1.15 bits per heavy atom. The van der Waals surface area contributed by atoms with Gasteiger partial charge in [0, 0.05) is 18.7 Å². The Kier molecular flexibility index (Phi) is 6.72. The van der Waals surface area contributed by atoms with Crippen molar-refractivity contribution in [1.82, 2.24) is 4.90 Å². The van der Waals surface area contributed by atoms with Gasteiger partial charge in [-0.05, 0) is 104 Å². The molecular weight excluding hydrogens is 450 g/mol. The molecule has 186 valence electrons. The van der Waals surface area contributed by atoms with Crippen LogP contribution in [0, 0.1) is 46.3 Å². The average molecular weight is 494 g/mol. The number of amides is 1. The molecule has 0 aromatic rings. The van der Waals surface area contributed by atoms with Gasteiger partial charge >= 0.3 is 0 Å². The third kappa shape index (κ3) is 3.94. The van der Waals surface area contributed by atoms with E-state index in [1.165, 1.54) is 25.7 Å². The Labute approximate surface area is 209 Å². The molecule has 33 heavy (non-hydrogen) atoms. The van der Waals surface area contributed by atoms with E-state index in [9.17, 15) is 15.0 Å². The van der Waals surface area contributed by atoms with Crippen LogP contribution in [-0.2, 0) is 4.79 Å². The second kappa shape index (κ2) is 9.05. The fraction of sp³-hybridized carbons (Fsp3) is 0.926. The van der Waals surface area contributed by atoms with Crippen LogP contribution < -0.4 is 0 Å². The van der Waals surface area contributed by atoms with Crippen molar-refractivity contribution in [2.45, 2.75) is 97.2 Å². The van der Waals surface area contributed by atoms with E-state index in [1.54, 1.807) is 16.7 Å². The van der Waals surface area contributed by atoms with E-state index in [0.717, 1.165) is 48.7 Å². The lowest BCUT2D eigenvalue weighted by atomic mass is 9.43. The van der Waals surface area contributed by atoms with Crippen molar-refractivity contribution in [3.63, 3.8) is 0 Å². The van der Waals surface area contributed by atoms with E-state index in [-0.39, 0.29) is 28.9 Å². The highest BCUT2D eigenvalue weighted by Gasteiger charge is 2.63. The molecule has 0 radical (unpaired) electrons. The van der Waals surface area contributed by atoms with Gasteiger partial charge in [0.05, 0.1) is 12.2 Å². The molecule has 0 aromatic carbocycles. The molecule has 2 N–H and O–H groups in total. The van der Waals surface area contributed by atoms with Crippen LogP contribution in [0.25, 0.3) is 0 Å². The molecule has 5 fully saturated rings. The molecule has 1 heterocycles. The van der Waals surface area contributed by atoms with E-state index in [2.05, 4.69) is 20.8 Å². The Balaban J connectivity index is 1.29. The Morgan fingerprint density at radius 3 is 2.67 bits per heavy atom. The van der Waals surface area contributed by atoms with Gasteiger partial charge in [0.25, 0.3) is 0 Å². The summed E-state index contributed by atoms with van der Waals surface area (Å²) in [7, 11) is 0. The van der Waals surface area contributed by atoms with Crippen LogP contribution in [0.15, 0.2) is 0 Å². The molecule has 10 atom stereocenters. The van der Waals surface area contributed by atoms with Crippen molar-refractivity contribution in [1.29, 1.82) is 0 Å². The van der Waals surface area contributed by atoms with Crippen LogP contribution in [0.4, 0.5) is 0 Å². The molecule has 4 aliphatic carbocycles. The molecule has 1 amide bonds. The van der Waals surface area contributed by atoms with Crippen molar-refractivity contribution in [3.05, 3.63) is 0 Å². The fourth-order valence-corrected chi connectivity index (χ4v) is 10.7. The molecule has 4 nitrogen and oxygen atoms in total. The zero-order valence-electron chi connectivity index (χ0n) is 20.7. The highest BCUT2D eigenvalue weighted by molar-refractivity contribution is 8.23. The molecule has 1 aliphatic heterocycles. The van der Waals surface area contributed by atoms with Crippen molar-refractivity contribution in [2.75, 3.05) is 12.3 Å². The first-order chi connectivity index (χ1) is 15.7. The topological polar surface area (TPSA) is 60.8 Å². The molecule has 0 aromatic heterocycles. The van der Waals surface area contributed by atoms with Gasteiger partial charge in [-0.15, -0.1) is 0 Å². The summed E-state index contributed by atoms with van der Waals surface area (Å²) in [6, 6.07) is 0. The molecule has 5 aliphatic rings. The highest BCUT2D eigenvalue weighted by atomic mass is 32.2. The number of hydrogen-bond donors (Lipinski definition) is 2. The average Bonchev–Trinajstić information content (AvgIpc) is 3.37. The summed E-state index contributed by atoms with van der Waals surface area (Å²) in [5.41, 5.74) is 0.256. The Hall–Kier alpha value is -0.170. The number of thiocarbonyl (C=S) groups is 1. The third-order valence-electron chi connectivity index (χ3n) is 11.4. The smallest absolute Gasteiger partial charge is 0.228 e. The van der Waals surface area contributed by atoms with Gasteiger partial charge < -0.3 is 10.2 Å². The quantitative estimate of drug-likeness (QED) is 0.524. The Morgan fingerprint density at radius 2 is 1.94 bits per heavy atom. The van der Waals surface area contributed by atoms with E-state index in [0.29, 0.717) is 41.9 Å². The summed E-state index contributed by atoms with van der Waals surface area (Å²) in [4.78, 5) is 14.5. The summed E-state index contributed by atoms with van der Waals surface area (Å²) in [5, 5.41) is 22.0. The summed E-state index contributed by atoms with van der Waals surface area (Å²) in [6.45, 7) is 7.96. The molecule has 4 saturated carbocycles. The van der Waals surface area contributed by atoms with Crippen LogP contribution in [0.5, 0.6) is 0 Å². The normalized spacial score (nSPS) is 48.2. The number of thioether (sulfide) groups is 1. The van der Waals surface area contributed by atoms with E-state index in [1.807, 2.05) is 0 Å². The molecule has 10 unspecified atom stereocenters. The number of hydrogen-bond acceptors (Lipinski definition) is 5. The summed E-state index contributed by atoms with van der Waals surface area (Å²) < 4.78 is 0.744. The first kappa shape index (κ1) is 24.5. The van der Waals surface area contributed by atoms with Crippen molar-refractivity contribution in [2.24, 2.45) is 46.3 Å². The molecule has 1 saturated heterocycles. The molecule has 5 rings (SSSR count). The van der Waals surface area contributed by atoms with Gasteiger partial charge in [0.2, 0.25) is 5.91 Å². The van der Waals surface area contributed by atoms with E-state index in [4.69, 9.17) is 12.2 Å². The van der Waals surface area contributed by atoms with Crippen LogP contribution in [-0.4, -0.2) is 49.8 Å². The summed E-state index contributed by atoms with van der Waals surface area (Å²) in [6.07, 6.45) is 9.99. The number of carbonyl (C=O) groups is 1. The largest absolute Gasteiger partial charge is 0.393 e. The van der Waals surface area contributed by atoms with Gasteiger partial charge in [-0.1, -0.05) is 44.8 Å². The van der Waals surface area contributed by atoms with Gasteiger partial charge in [0.1, 0.15) is 4.32 Å². The lowest BCUT2D eigenvalue weighted by molar-refractivity contribution is -0.175. The predicted octanol–water partition coefficient (Wildman–Crippen LogP) is 5.25. The van der Waals surface area contributed by atoms with Crippen LogP contribution in [0.3, 0.4) is 0 Å². The number of fused-ring (bicyclic) bond motifs is 5. The third-order valence-corrected chi connectivity index (χ3v) is 12.8. The highest BCUT2D eigenvalue weighted by Crippen LogP contribution is 2.68.